The number of nitrogens with zero attached hydrogens (tertiary/aromatic N) is 3. The highest BCUT2D eigenvalue weighted by Gasteiger charge is 2.12. The molecule has 0 radical (unpaired) electrons. The van der Waals surface area contributed by atoms with Crippen molar-refractivity contribution < 1.29 is 4.74 Å². The Labute approximate surface area is 173 Å². The Kier molecular flexibility index (Phi) is 5.47. The molecule has 0 spiro atoms. The van der Waals surface area contributed by atoms with Gasteiger partial charge in [0.05, 0.1) is 12.1 Å². The van der Waals surface area contributed by atoms with Crippen LogP contribution < -0.4 is 4.74 Å². The number of pyridine rings is 1. The van der Waals surface area contributed by atoms with E-state index in [9.17, 15) is 0 Å². The molecule has 0 N–H and O–H groups in total. The lowest BCUT2D eigenvalue weighted by molar-refractivity contribution is 0.314. The van der Waals surface area contributed by atoms with Crippen LogP contribution in [0.5, 0.6) is 5.75 Å². The summed E-state index contributed by atoms with van der Waals surface area (Å²) in [6.07, 6.45) is 0.934. The fourth-order valence-electron chi connectivity index (χ4n) is 3.41. The van der Waals surface area contributed by atoms with Gasteiger partial charge in [0, 0.05) is 16.2 Å². The highest BCUT2D eigenvalue weighted by Crippen LogP contribution is 2.28. The maximum absolute atomic E-state index is 6.19. The Bertz CT molecular complexity index is 1140. The van der Waals surface area contributed by atoms with Crippen molar-refractivity contribution in [3.63, 3.8) is 0 Å². The third kappa shape index (κ3) is 3.69. The van der Waals surface area contributed by atoms with Gasteiger partial charge in [-0.25, -0.2) is 0 Å². The molecule has 0 saturated heterocycles. The van der Waals surface area contributed by atoms with Crippen molar-refractivity contribution in [3.8, 4) is 5.75 Å². The van der Waals surface area contributed by atoms with E-state index in [0.29, 0.717) is 6.61 Å². The molecule has 28 heavy (non-hydrogen) atoms. The van der Waals surface area contributed by atoms with E-state index < -0.39 is 0 Å². The first-order valence-corrected chi connectivity index (χ1v) is 10.7. The number of rotatable bonds is 6. The van der Waals surface area contributed by atoms with E-state index in [-0.39, 0.29) is 0 Å². The van der Waals surface area contributed by atoms with Crippen molar-refractivity contribution in [2.75, 3.05) is 12.4 Å². The van der Waals surface area contributed by atoms with Crippen LogP contribution in [0.15, 0.2) is 47.6 Å². The SMILES string of the molecule is Cc1cccc(C)c1OCCCSc1nnc2cc(C)c3cc(Cl)ccc3n12. The fourth-order valence-corrected chi connectivity index (χ4v) is 4.45. The molecule has 0 unspecified atom stereocenters. The van der Waals surface area contributed by atoms with Crippen molar-refractivity contribution >= 4 is 39.9 Å². The zero-order valence-corrected chi connectivity index (χ0v) is 17.8. The number of thioether (sulfide) groups is 1. The Morgan fingerprint density at radius 3 is 2.57 bits per heavy atom. The molecule has 0 bridgehead atoms. The van der Waals surface area contributed by atoms with Crippen LogP contribution in [-0.4, -0.2) is 27.0 Å². The summed E-state index contributed by atoms with van der Waals surface area (Å²) < 4.78 is 8.11. The summed E-state index contributed by atoms with van der Waals surface area (Å²) in [5.41, 5.74) is 5.45. The molecule has 0 saturated carbocycles. The third-order valence-electron chi connectivity index (χ3n) is 4.80. The summed E-state index contributed by atoms with van der Waals surface area (Å²) >= 11 is 7.89. The van der Waals surface area contributed by atoms with Crippen molar-refractivity contribution in [3.05, 3.63) is 64.2 Å². The Hall–Kier alpha value is -2.24. The van der Waals surface area contributed by atoms with E-state index in [1.165, 1.54) is 11.1 Å². The molecule has 6 heteroatoms. The van der Waals surface area contributed by atoms with Crippen molar-refractivity contribution in [1.29, 1.82) is 0 Å². The van der Waals surface area contributed by atoms with Gasteiger partial charge in [-0.05, 0) is 68.1 Å². The van der Waals surface area contributed by atoms with Gasteiger partial charge in [-0.15, -0.1) is 10.2 Å². The topological polar surface area (TPSA) is 39.4 Å². The smallest absolute Gasteiger partial charge is 0.196 e. The molecule has 0 aliphatic rings. The van der Waals surface area contributed by atoms with Gasteiger partial charge in [0.2, 0.25) is 0 Å². The maximum atomic E-state index is 6.19. The van der Waals surface area contributed by atoms with E-state index in [1.807, 2.05) is 18.2 Å². The molecule has 0 atom stereocenters. The van der Waals surface area contributed by atoms with Gasteiger partial charge >= 0.3 is 0 Å². The minimum Gasteiger partial charge on any atom is -0.493 e. The number of halogens is 1. The summed E-state index contributed by atoms with van der Waals surface area (Å²) in [5.74, 6) is 1.91. The zero-order chi connectivity index (χ0) is 19.7. The lowest BCUT2D eigenvalue weighted by Gasteiger charge is -2.11. The van der Waals surface area contributed by atoms with Crippen LogP contribution in [0.2, 0.25) is 5.02 Å². The van der Waals surface area contributed by atoms with Crippen LogP contribution >= 0.6 is 23.4 Å². The summed E-state index contributed by atoms with van der Waals surface area (Å²) in [6.45, 7) is 6.92. The lowest BCUT2D eigenvalue weighted by atomic mass is 10.1. The van der Waals surface area contributed by atoms with Gasteiger partial charge in [0.25, 0.3) is 0 Å². The first-order valence-electron chi connectivity index (χ1n) is 9.30. The van der Waals surface area contributed by atoms with Gasteiger partial charge in [-0.2, -0.15) is 0 Å². The molecule has 0 amide bonds. The van der Waals surface area contributed by atoms with E-state index in [2.05, 4.69) is 59.6 Å². The summed E-state index contributed by atoms with van der Waals surface area (Å²) in [7, 11) is 0. The average molecular weight is 412 g/mol. The standard InChI is InChI=1S/C22H22ClN3OS/c1-14-6-4-7-15(2)21(14)27-10-5-11-28-22-25-24-20-12-16(3)18-13-17(23)8-9-19(18)26(20)22/h4,6-9,12-13H,5,10-11H2,1-3H3. The third-order valence-corrected chi connectivity index (χ3v) is 6.05. The Balaban J connectivity index is 1.47. The second kappa shape index (κ2) is 8.02. The van der Waals surface area contributed by atoms with Gasteiger partial charge in [-0.3, -0.25) is 4.40 Å². The van der Waals surface area contributed by atoms with E-state index in [0.717, 1.165) is 50.2 Å². The second-order valence-electron chi connectivity index (χ2n) is 6.94. The zero-order valence-electron chi connectivity index (χ0n) is 16.2. The molecule has 4 nitrogen and oxygen atoms in total. The van der Waals surface area contributed by atoms with Crippen LogP contribution in [-0.2, 0) is 0 Å². The van der Waals surface area contributed by atoms with Crippen LogP contribution in [0.25, 0.3) is 16.6 Å². The highest BCUT2D eigenvalue weighted by molar-refractivity contribution is 7.99. The number of ether oxygens (including phenoxy) is 1. The number of hydrogen-bond donors (Lipinski definition) is 0. The predicted molar refractivity (Wildman–Crippen MR) is 117 cm³/mol. The van der Waals surface area contributed by atoms with Gasteiger partial charge in [0.15, 0.2) is 10.8 Å². The van der Waals surface area contributed by atoms with E-state index in [4.69, 9.17) is 16.3 Å². The number of aryl methyl sites for hydroxylation is 3. The van der Waals surface area contributed by atoms with Crippen molar-refractivity contribution in [2.24, 2.45) is 0 Å². The first kappa shape index (κ1) is 19.1. The molecular weight excluding hydrogens is 390 g/mol. The van der Waals surface area contributed by atoms with Gasteiger partial charge in [0.1, 0.15) is 5.75 Å². The molecule has 2 heterocycles. The molecule has 4 rings (SSSR count). The number of para-hydroxylation sites is 1. The number of aromatic nitrogens is 3. The van der Waals surface area contributed by atoms with Crippen LogP contribution in [0.3, 0.4) is 0 Å². The number of fused-ring (bicyclic) bond motifs is 3. The predicted octanol–water partition coefficient (Wildman–Crippen LogP) is 6.02. The molecule has 0 fully saturated rings. The molecule has 0 aliphatic heterocycles. The van der Waals surface area contributed by atoms with E-state index >= 15 is 0 Å². The van der Waals surface area contributed by atoms with Gasteiger partial charge in [-0.1, -0.05) is 41.6 Å². The molecule has 2 aromatic carbocycles. The summed E-state index contributed by atoms with van der Waals surface area (Å²) in [6, 6.07) is 14.2. The van der Waals surface area contributed by atoms with Crippen molar-refractivity contribution in [2.45, 2.75) is 32.3 Å². The minimum atomic E-state index is 0.685. The van der Waals surface area contributed by atoms with Crippen molar-refractivity contribution in [1.82, 2.24) is 14.6 Å². The maximum Gasteiger partial charge on any atom is 0.196 e. The largest absolute Gasteiger partial charge is 0.493 e. The van der Waals surface area contributed by atoms with Crippen LogP contribution in [0.1, 0.15) is 23.1 Å². The fraction of sp³-hybridized carbons (Fsp3) is 0.273. The second-order valence-corrected chi connectivity index (χ2v) is 8.43. The van der Waals surface area contributed by atoms with E-state index in [1.54, 1.807) is 11.8 Å². The Morgan fingerprint density at radius 2 is 1.79 bits per heavy atom. The number of hydrogen-bond acceptors (Lipinski definition) is 4. The molecule has 2 aromatic heterocycles. The monoisotopic (exact) mass is 411 g/mol. The summed E-state index contributed by atoms with van der Waals surface area (Å²) in [5, 5.41) is 11.5. The molecular formula is C22H22ClN3OS. The minimum absolute atomic E-state index is 0.685. The molecule has 144 valence electrons. The average Bonchev–Trinajstić information content (AvgIpc) is 3.06. The summed E-state index contributed by atoms with van der Waals surface area (Å²) in [4.78, 5) is 0. The van der Waals surface area contributed by atoms with Crippen LogP contribution in [0, 0.1) is 20.8 Å². The van der Waals surface area contributed by atoms with Crippen LogP contribution in [0.4, 0.5) is 0 Å². The highest BCUT2D eigenvalue weighted by atomic mass is 35.5. The van der Waals surface area contributed by atoms with Gasteiger partial charge < -0.3 is 4.74 Å². The first-order chi connectivity index (χ1) is 13.5. The quantitative estimate of drug-likeness (QED) is 0.287. The lowest BCUT2D eigenvalue weighted by Crippen LogP contribution is -2.02. The molecule has 4 aromatic rings. The molecule has 0 aliphatic carbocycles. The normalized spacial score (nSPS) is 11.4. The Morgan fingerprint density at radius 1 is 1.00 bits per heavy atom. The number of benzene rings is 2.